The van der Waals surface area contributed by atoms with Gasteiger partial charge >= 0.3 is 0 Å². The van der Waals surface area contributed by atoms with Crippen molar-refractivity contribution in [1.29, 1.82) is 0 Å². The molecule has 2 unspecified atom stereocenters. The Morgan fingerprint density at radius 3 is 3.05 bits per heavy atom. The smallest absolute Gasteiger partial charge is 0.253 e. The molecule has 21 heavy (non-hydrogen) atoms. The van der Waals surface area contributed by atoms with Crippen molar-refractivity contribution < 1.29 is 14.3 Å². The topological polar surface area (TPSA) is 50.8 Å². The Kier molecular flexibility index (Phi) is 5.24. The maximum Gasteiger partial charge on any atom is 0.253 e. The summed E-state index contributed by atoms with van der Waals surface area (Å²) >= 11 is 1.68. The van der Waals surface area contributed by atoms with E-state index in [1.165, 1.54) is 4.88 Å². The normalized spacial score (nSPS) is 25.9. The van der Waals surface area contributed by atoms with Crippen LogP contribution in [0.2, 0.25) is 0 Å². The lowest BCUT2D eigenvalue weighted by atomic mass is 10.2. The van der Waals surface area contributed by atoms with Gasteiger partial charge in [0.25, 0.3) is 5.91 Å². The van der Waals surface area contributed by atoms with Crippen molar-refractivity contribution in [1.82, 2.24) is 10.2 Å². The molecule has 3 rings (SSSR count). The molecule has 0 aliphatic carbocycles. The van der Waals surface area contributed by atoms with Crippen LogP contribution in [0.25, 0.3) is 0 Å². The number of morpholine rings is 1. The molecule has 2 aliphatic rings. The third-order valence-electron chi connectivity index (χ3n) is 3.89. The van der Waals surface area contributed by atoms with Gasteiger partial charge in [-0.1, -0.05) is 6.07 Å². The monoisotopic (exact) mass is 310 g/mol. The molecule has 0 saturated carbocycles. The summed E-state index contributed by atoms with van der Waals surface area (Å²) in [4.78, 5) is 15.8. The second kappa shape index (κ2) is 7.35. The van der Waals surface area contributed by atoms with E-state index >= 15 is 0 Å². The number of thiophene rings is 1. The zero-order valence-electron chi connectivity index (χ0n) is 12.1. The summed E-state index contributed by atoms with van der Waals surface area (Å²) in [7, 11) is 0. The quantitative estimate of drug-likeness (QED) is 0.889. The molecule has 0 bridgehead atoms. The van der Waals surface area contributed by atoms with Crippen molar-refractivity contribution in [3.8, 4) is 0 Å². The lowest BCUT2D eigenvalue weighted by Gasteiger charge is -2.31. The SMILES string of the molecule is O=C(C1CNCCO1)N(Cc1cccs1)CC1CCCO1. The second-order valence-electron chi connectivity index (χ2n) is 5.50. The van der Waals surface area contributed by atoms with Crippen molar-refractivity contribution in [2.24, 2.45) is 0 Å². The fraction of sp³-hybridized carbons (Fsp3) is 0.667. The molecule has 1 N–H and O–H groups in total. The first-order valence-corrected chi connectivity index (χ1v) is 8.46. The van der Waals surface area contributed by atoms with Gasteiger partial charge < -0.3 is 19.7 Å². The Bertz CT molecular complexity index is 440. The molecule has 3 heterocycles. The summed E-state index contributed by atoms with van der Waals surface area (Å²) in [5, 5.41) is 5.27. The molecule has 1 aromatic rings. The number of carbonyl (C=O) groups is 1. The third-order valence-corrected chi connectivity index (χ3v) is 4.75. The van der Waals surface area contributed by atoms with Crippen LogP contribution in [0.3, 0.4) is 0 Å². The Hall–Kier alpha value is -0.950. The number of rotatable bonds is 5. The number of carbonyl (C=O) groups excluding carboxylic acids is 1. The number of hydrogen-bond acceptors (Lipinski definition) is 5. The van der Waals surface area contributed by atoms with Gasteiger partial charge in [-0.15, -0.1) is 11.3 Å². The zero-order valence-corrected chi connectivity index (χ0v) is 12.9. The Balaban J connectivity index is 1.65. The highest BCUT2D eigenvalue weighted by Crippen LogP contribution is 2.18. The highest BCUT2D eigenvalue weighted by atomic mass is 32.1. The van der Waals surface area contributed by atoms with Crippen LogP contribution in [0, 0.1) is 0 Å². The molecule has 2 fully saturated rings. The largest absolute Gasteiger partial charge is 0.376 e. The average Bonchev–Trinajstić information content (AvgIpc) is 3.20. The van der Waals surface area contributed by atoms with Crippen LogP contribution in [0.15, 0.2) is 17.5 Å². The van der Waals surface area contributed by atoms with E-state index in [-0.39, 0.29) is 18.1 Å². The molecule has 1 amide bonds. The Morgan fingerprint density at radius 2 is 2.38 bits per heavy atom. The summed E-state index contributed by atoms with van der Waals surface area (Å²) in [5.74, 6) is 0.0751. The van der Waals surface area contributed by atoms with Crippen LogP contribution < -0.4 is 5.32 Å². The molecule has 6 heteroatoms. The van der Waals surface area contributed by atoms with Crippen LogP contribution >= 0.6 is 11.3 Å². The molecular weight excluding hydrogens is 288 g/mol. The first-order valence-electron chi connectivity index (χ1n) is 7.58. The van der Waals surface area contributed by atoms with E-state index in [0.717, 1.165) is 26.0 Å². The van der Waals surface area contributed by atoms with Crippen LogP contribution in [-0.2, 0) is 20.8 Å². The molecule has 1 aromatic heterocycles. The molecule has 5 nitrogen and oxygen atoms in total. The minimum Gasteiger partial charge on any atom is -0.376 e. The van der Waals surface area contributed by atoms with Gasteiger partial charge in [0.15, 0.2) is 0 Å². The number of amides is 1. The van der Waals surface area contributed by atoms with Crippen molar-refractivity contribution in [2.45, 2.75) is 31.6 Å². The maximum atomic E-state index is 12.7. The van der Waals surface area contributed by atoms with E-state index < -0.39 is 0 Å². The van der Waals surface area contributed by atoms with Crippen molar-refractivity contribution in [2.75, 3.05) is 32.8 Å². The molecule has 2 atom stereocenters. The van der Waals surface area contributed by atoms with E-state index in [1.54, 1.807) is 11.3 Å². The molecule has 2 saturated heterocycles. The van der Waals surface area contributed by atoms with E-state index in [1.807, 2.05) is 16.3 Å². The maximum absolute atomic E-state index is 12.7. The van der Waals surface area contributed by atoms with Gasteiger partial charge in [0.1, 0.15) is 6.10 Å². The van der Waals surface area contributed by atoms with E-state index in [9.17, 15) is 4.79 Å². The summed E-state index contributed by atoms with van der Waals surface area (Å²) in [6.45, 7) is 4.15. The Labute approximate surface area is 129 Å². The van der Waals surface area contributed by atoms with E-state index in [4.69, 9.17) is 9.47 Å². The standard InChI is InChI=1S/C15H22N2O3S/c18-15(14-9-16-5-7-20-14)17(10-12-3-1-6-19-12)11-13-4-2-8-21-13/h2,4,8,12,14,16H,1,3,5-7,9-11H2. The van der Waals surface area contributed by atoms with Gasteiger partial charge in [-0.05, 0) is 24.3 Å². The molecule has 2 aliphatic heterocycles. The second-order valence-corrected chi connectivity index (χ2v) is 6.53. The first-order chi connectivity index (χ1) is 10.3. The number of hydrogen-bond donors (Lipinski definition) is 1. The van der Waals surface area contributed by atoms with Crippen LogP contribution in [0.5, 0.6) is 0 Å². The molecule has 0 radical (unpaired) electrons. The fourth-order valence-corrected chi connectivity index (χ4v) is 3.50. The van der Waals surface area contributed by atoms with Crippen LogP contribution in [-0.4, -0.2) is 55.9 Å². The van der Waals surface area contributed by atoms with Crippen molar-refractivity contribution >= 4 is 17.2 Å². The Morgan fingerprint density at radius 1 is 1.43 bits per heavy atom. The predicted molar refractivity (Wildman–Crippen MR) is 81.3 cm³/mol. The minimum atomic E-state index is -0.361. The van der Waals surface area contributed by atoms with Crippen molar-refractivity contribution in [3.05, 3.63) is 22.4 Å². The highest BCUT2D eigenvalue weighted by molar-refractivity contribution is 7.09. The van der Waals surface area contributed by atoms with Gasteiger partial charge in [-0.3, -0.25) is 4.79 Å². The molecule has 0 spiro atoms. The van der Waals surface area contributed by atoms with Gasteiger partial charge in [0.2, 0.25) is 0 Å². The van der Waals surface area contributed by atoms with Gasteiger partial charge in [-0.2, -0.15) is 0 Å². The first kappa shape index (κ1) is 15.0. The van der Waals surface area contributed by atoms with E-state index in [0.29, 0.717) is 26.2 Å². The lowest BCUT2D eigenvalue weighted by molar-refractivity contribution is -0.147. The molecular formula is C15H22N2O3S. The number of nitrogens with one attached hydrogen (secondary N) is 1. The third kappa shape index (κ3) is 4.03. The molecule has 0 aromatic carbocycles. The highest BCUT2D eigenvalue weighted by Gasteiger charge is 2.29. The zero-order chi connectivity index (χ0) is 14.5. The van der Waals surface area contributed by atoms with Gasteiger partial charge in [-0.25, -0.2) is 0 Å². The average molecular weight is 310 g/mol. The summed E-state index contributed by atoms with van der Waals surface area (Å²) in [5.41, 5.74) is 0. The molecule has 116 valence electrons. The van der Waals surface area contributed by atoms with Gasteiger partial charge in [0.05, 0.1) is 19.3 Å². The number of nitrogens with zero attached hydrogens (tertiary/aromatic N) is 1. The lowest BCUT2D eigenvalue weighted by Crippen LogP contribution is -2.50. The van der Waals surface area contributed by atoms with Crippen LogP contribution in [0.1, 0.15) is 17.7 Å². The number of ether oxygens (including phenoxy) is 2. The minimum absolute atomic E-state index is 0.0751. The van der Waals surface area contributed by atoms with Crippen LogP contribution in [0.4, 0.5) is 0 Å². The summed E-state index contributed by atoms with van der Waals surface area (Å²) in [6.07, 6.45) is 1.94. The summed E-state index contributed by atoms with van der Waals surface area (Å²) < 4.78 is 11.3. The fourth-order valence-electron chi connectivity index (χ4n) is 2.78. The van der Waals surface area contributed by atoms with Gasteiger partial charge in [0, 0.05) is 31.1 Å². The predicted octanol–water partition coefficient (Wildman–Crippen LogP) is 1.24. The summed E-state index contributed by atoms with van der Waals surface area (Å²) in [6, 6.07) is 4.09. The van der Waals surface area contributed by atoms with E-state index in [2.05, 4.69) is 11.4 Å². The van der Waals surface area contributed by atoms with Crippen molar-refractivity contribution in [3.63, 3.8) is 0 Å².